The lowest BCUT2D eigenvalue weighted by molar-refractivity contribution is -0.140. The van der Waals surface area contributed by atoms with E-state index < -0.39 is 8.32 Å². The van der Waals surface area contributed by atoms with Gasteiger partial charge in [-0.1, -0.05) is 82.5 Å². The number of esters is 1. The van der Waals surface area contributed by atoms with Gasteiger partial charge in [-0.15, -0.1) is 0 Å². The number of hydrogen-bond donors (Lipinski definition) is 0. The van der Waals surface area contributed by atoms with Crippen LogP contribution in [0.3, 0.4) is 0 Å². The highest BCUT2D eigenvalue weighted by Gasteiger charge is 2.41. The minimum Gasteiger partial charge on any atom is -0.469 e. The molecule has 37 heavy (non-hydrogen) atoms. The van der Waals surface area contributed by atoms with Crippen LogP contribution >= 0.6 is 0 Å². The molecule has 3 rings (SSSR count). The smallest absolute Gasteiger partial charge is 0.305 e. The molecular formula is C32H48O4Si. The van der Waals surface area contributed by atoms with Gasteiger partial charge in [-0.25, -0.2) is 0 Å². The van der Waals surface area contributed by atoms with Gasteiger partial charge in [-0.2, -0.15) is 0 Å². The Labute approximate surface area is 226 Å². The fourth-order valence-electron chi connectivity index (χ4n) is 5.34. The van der Waals surface area contributed by atoms with Gasteiger partial charge in [0, 0.05) is 18.3 Å². The van der Waals surface area contributed by atoms with Crippen molar-refractivity contribution in [2.45, 2.75) is 109 Å². The minimum absolute atomic E-state index is 0.0553. The summed E-state index contributed by atoms with van der Waals surface area (Å²) in [6.45, 7) is 11.7. The van der Waals surface area contributed by atoms with Crippen molar-refractivity contribution >= 4 is 20.1 Å². The van der Waals surface area contributed by atoms with Crippen LogP contribution in [0.2, 0.25) is 18.1 Å². The standard InChI is InChI=1S/C32H48O4Si/c1-32(2,3)37(5,6)36-31(25-14-10-9-11-15-25)26-20-18-24(19-21-26)27-22-23-29(33)28(27)16-12-7-8-13-17-30(34)35-4/h7,12,18-23,25,27-28,31H,8-11,13-17H2,1-6H3/b12-7-/t27?,28?,31-/m1/s1. The topological polar surface area (TPSA) is 52.6 Å². The first kappa shape index (κ1) is 29.6. The van der Waals surface area contributed by atoms with E-state index >= 15 is 0 Å². The Balaban J connectivity index is 1.70. The molecule has 2 aliphatic carbocycles. The summed E-state index contributed by atoms with van der Waals surface area (Å²) in [5.41, 5.74) is 2.49. The molecule has 0 heterocycles. The average molecular weight is 525 g/mol. The molecule has 3 atom stereocenters. The van der Waals surface area contributed by atoms with Gasteiger partial charge in [0.05, 0.1) is 13.2 Å². The van der Waals surface area contributed by atoms with Crippen LogP contribution in [0.15, 0.2) is 48.6 Å². The summed E-state index contributed by atoms with van der Waals surface area (Å²) >= 11 is 0. The number of ketones is 1. The van der Waals surface area contributed by atoms with E-state index in [-0.39, 0.29) is 34.7 Å². The summed E-state index contributed by atoms with van der Waals surface area (Å²) < 4.78 is 11.8. The van der Waals surface area contributed by atoms with E-state index in [1.165, 1.54) is 50.3 Å². The van der Waals surface area contributed by atoms with Crippen molar-refractivity contribution in [3.05, 3.63) is 59.7 Å². The third kappa shape index (κ3) is 8.00. The number of hydrogen-bond acceptors (Lipinski definition) is 4. The maximum Gasteiger partial charge on any atom is 0.305 e. The van der Waals surface area contributed by atoms with Crippen molar-refractivity contribution in [2.75, 3.05) is 7.11 Å². The van der Waals surface area contributed by atoms with Gasteiger partial charge in [0.15, 0.2) is 14.1 Å². The van der Waals surface area contributed by atoms with Crippen molar-refractivity contribution in [1.82, 2.24) is 0 Å². The Morgan fingerprint density at radius 1 is 1.08 bits per heavy atom. The molecule has 1 aromatic carbocycles. The van der Waals surface area contributed by atoms with E-state index in [2.05, 4.69) is 81.1 Å². The normalized spacial score (nSPS) is 22.1. The highest BCUT2D eigenvalue weighted by Crippen LogP contribution is 2.45. The van der Waals surface area contributed by atoms with Crippen molar-refractivity contribution in [1.29, 1.82) is 0 Å². The zero-order valence-electron chi connectivity index (χ0n) is 23.9. The Bertz CT molecular complexity index is 948. The van der Waals surface area contributed by atoms with Gasteiger partial charge in [0.1, 0.15) is 0 Å². The highest BCUT2D eigenvalue weighted by molar-refractivity contribution is 6.74. The monoisotopic (exact) mass is 524 g/mol. The Morgan fingerprint density at radius 2 is 1.76 bits per heavy atom. The molecule has 0 saturated heterocycles. The molecule has 0 aliphatic heterocycles. The lowest BCUT2D eigenvalue weighted by Gasteiger charge is -2.42. The summed E-state index contributed by atoms with van der Waals surface area (Å²) in [4.78, 5) is 23.9. The Morgan fingerprint density at radius 3 is 2.38 bits per heavy atom. The van der Waals surface area contributed by atoms with E-state index in [9.17, 15) is 9.59 Å². The Kier molecular flexibility index (Phi) is 10.5. The average Bonchev–Trinajstić information content (AvgIpc) is 3.24. The van der Waals surface area contributed by atoms with E-state index in [1.807, 2.05) is 0 Å². The number of ether oxygens (including phenoxy) is 1. The summed E-state index contributed by atoms with van der Waals surface area (Å²) in [7, 11) is -0.499. The van der Waals surface area contributed by atoms with E-state index in [0.717, 1.165) is 19.3 Å². The van der Waals surface area contributed by atoms with Crippen LogP contribution in [-0.4, -0.2) is 27.2 Å². The van der Waals surface area contributed by atoms with Crippen LogP contribution in [0.25, 0.3) is 0 Å². The number of carbonyl (C=O) groups is 2. The maximum absolute atomic E-state index is 12.6. The number of methoxy groups -OCH3 is 1. The Hall–Kier alpha value is -1.98. The molecule has 5 heteroatoms. The second-order valence-corrected chi connectivity index (χ2v) is 17.2. The second-order valence-electron chi connectivity index (χ2n) is 12.4. The molecule has 2 unspecified atom stereocenters. The molecule has 0 aromatic heterocycles. The quantitative estimate of drug-likeness (QED) is 0.126. The maximum atomic E-state index is 12.6. The number of unbranched alkanes of at least 4 members (excludes halogenated alkanes) is 1. The third-order valence-electron chi connectivity index (χ3n) is 8.76. The van der Waals surface area contributed by atoms with Crippen molar-refractivity contribution in [3.63, 3.8) is 0 Å². The molecule has 4 nitrogen and oxygen atoms in total. The lowest BCUT2D eigenvalue weighted by Crippen LogP contribution is -2.43. The van der Waals surface area contributed by atoms with Crippen LogP contribution in [0.5, 0.6) is 0 Å². The van der Waals surface area contributed by atoms with E-state index in [4.69, 9.17) is 4.43 Å². The molecule has 1 fully saturated rings. The molecule has 0 amide bonds. The zero-order valence-corrected chi connectivity index (χ0v) is 24.9. The number of rotatable bonds is 11. The first-order valence-corrected chi connectivity index (χ1v) is 17.2. The van der Waals surface area contributed by atoms with Gasteiger partial charge in [-0.3, -0.25) is 9.59 Å². The number of allylic oxidation sites excluding steroid dienone is 4. The molecule has 0 radical (unpaired) electrons. The zero-order chi connectivity index (χ0) is 27.1. The van der Waals surface area contributed by atoms with Crippen molar-refractivity contribution < 1.29 is 18.8 Å². The van der Waals surface area contributed by atoms with Crippen molar-refractivity contribution in [2.24, 2.45) is 11.8 Å². The first-order valence-electron chi connectivity index (χ1n) is 14.2. The van der Waals surface area contributed by atoms with Gasteiger partial charge < -0.3 is 9.16 Å². The van der Waals surface area contributed by atoms with Crippen LogP contribution in [0.1, 0.15) is 102 Å². The molecule has 204 valence electrons. The van der Waals surface area contributed by atoms with Crippen LogP contribution in [0, 0.1) is 11.8 Å². The van der Waals surface area contributed by atoms with Crippen molar-refractivity contribution in [3.8, 4) is 0 Å². The molecule has 0 spiro atoms. The fraction of sp³-hybridized carbons (Fsp3) is 0.625. The SMILES string of the molecule is COC(=O)CCC/C=C\CC1C(=O)C=CC1c1ccc([C@H](O[Si](C)(C)C(C)(C)C)C2CCCCC2)cc1. The predicted molar refractivity (Wildman–Crippen MR) is 154 cm³/mol. The first-order chi connectivity index (χ1) is 17.5. The van der Waals surface area contributed by atoms with Crippen LogP contribution in [0.4, 0.5) is 0 Å². The summed E-state index contributed by atoms with van der Waals surface area (Å²) in [6, 6.07) is 8.97. The fourth-order valence-corrected chi connectivity index (χ4v) is 6.66. The predicted octanol–water partition coefficient (Wildman–Crippen LogP) is 8.46. The number of benzene rings is 1. The second kappa shape index (κ2) is 13.2. The van der Waals surface area contributed by atoms with Crippen LogP contribution < -0.4 is 0 Å². The summed E-state index contributed by atoms with van der Waals surface area (Å²) in [6.07, 6.45) is 17.3. The van der Waals surface area contributed by atoms with Gasteiger partial charge >= 0.3 is 5.97 Å². The molecule has 2 aliphatic rings. The summed E-state index contributed by atoms with van der Waals surface area (Å²) in [5.74, 6) is 0.664. The number of carbonyl (C=O) groups excluding carboxylic acids is 2. The molecule has 0 N–H and O–H groups in total. The molecular weight excluding hydrogens is 476 g/mol. The van der Waals surface area contributed by atoms with E-state index in [0.29, 0.717) is 12.3 Å². The van der Waals surface area contributed by atoms with Gasteiger partial charge in [0.25, 0.3) is 0 Å². The summed E-state index contributed by atoms with van der Waals surface area (Å²) in [5, 5.41) is 0.176. The van der Waals surface area contributed by atoms with Crippen LogP contribution in [-0.2, 0) is 18.8 Å². The van der Waals surface area contributed by atoms with Gasteiger partial charge in [0.2, 0.25) is 0 Å². The lowest BCUT2D eigenvalue weighted by atomic mass is 9.81. The molecule has 1 saturated carbocycles. The molecule has 1 aromatic rings. The van der Waals surface area contributed by atoms with Gasteiger partial charge in [-0.05, 0) is 73.4 Å². The third-order valence-corrected chi connectivity index (χ3v) is 13.2. The minimum atomic E-state index is -1.92. The molecule has 0 bridgehead atoms. The largest absolute Gasteiger partial charge is 0.469 e. The highest BCUT2D eigenvalue weighted by atomic mass is 28.4. The van der Waals surface area contributed by atoms with E-state index in [1.54, 1.807) is 6.08 Å².